The zero-order valence-corrected chi connectivity index (χ0v) is 12.8. The molecule has 0 aliphatic carbocycles. The first-order valence-corrected chi connectivity index (χ1v) is 6.68. The molecule has 0 unspecified atom stereocenters. The Bertz CT molecular complexity index is 667. The maximum Gasteiger partial charge on any atom is 0.451 e. The molecule has 2 aromatic rings. The third-order valence-corrected chi connectivity index (χ3v) is 2.98. The molecule has 0 saturated heterocycles. The van der Waals surface area contributed by atoms with Crippen LogP contribution < -0.4 is 10.1 Å². The van der Waals surface area contributed by atoms with Crippen LogP contribution in [0.1, 0.15) is 5.82 Å². The van der Waals surface area contributed by atoms with E-state index in [1.54, 1.807) is 18.2 Å². The fourth-order valence-corrected chi connectivity index (χ4v) is 2.16. The van der Waals surface area contributed by atoms with Crippen molar-refractivity contribution in [1.82, 2.24) is 9.97 Å². The highest BCUT2D eigenvalue weighted by atomic mass is 79.9. The van der Waals surface area contributed by atoms with E-state index in [9.17, 15) is 13.2 Å². The first kappa shape index (κ1) is 15.8. The Morgan fingerprint density at radius 3 is 2.52 bits per heavy atom. The number of halogens is 5. The van der Waals surface area contributed by atoms with Crippen LogP contribution in [-0.2, 0) is 6.18 Å². The van der Waals surface area contributed by atoms with Crippen LogP contribution in [0, 0.1) is 0 Å². The Kier molecular flexibility index (Phi) is 4.58. The largest absolute Gasteiger partial charge is 0.497 e. The van der Waals surface area contributed by atoms with Gasteiger partial charge in [0.25, 0.3) is 0 Å². The molecular weight excluding hydrogens is 375 g/mol. The van der Waals surface area contributed by atoms with Crippen molar-refractivity contribution in [3.8, 4) is 5.75 Å². The van der Waals surface area contributed by atoms with Crippen LogP contribution in [0.25, 0.3) is 0 Å². The molecule has 21 heavy (non-hydrogen) atoms. The number of nitrogens with one attached hydrogen (secondary N) is 1. The van der Waals surface area contributed by atoms with Gasteiger partial charge in [0, 0.05) is 22.3 Å². The molecule has 112 valence electrons. The van der Waals surface area contributed by atoms with Gasteiger partial charge in [-0.25, -0.2) is 9.97 Å². The van der Waals surface area contributed by atoms with Gasteiger partial charge in [-0.05, 0) is 12.1 Å². The summed E-state index contributed by atoms with van der Waals surface area (Å²) in [5, 5.41) is 2.42. The van der Waals surface area contributed by atoms with Crippen LogP contribution in [-0.4, -0.2) is 17.1 Å². The fourth-order valence-electron chi connectivity index (χ4n) is 1.51. The highest BCUT2D eigenvalue weighted by molar-refractivity contribution is 9.10. The Morgan fingerprint density at radius 1 is 1.19 bits per heavy atom. The summed E-state index contributed by atoms with van der Waals surface area (Å²) in [5.74, 6) is -0.843. The summed E-state index contributed by atoms with van der Waals surface area (Å²) >= 11 is 8.86. The van der Waals surface area contributed by atoms with Gasteiger partial charge in [0.1, 0.15) is 16.7 Å². The maximum absolute atomic E-state index is 12.6. The SMILES string of the molecule is COc1cc(Br)cc(Nc2cc(Cl)nc(C(F)(F)F)n2)c1. The summed E-state index contributed by atoms with van der Waals surface area (Å²) in [4.78, 5) is 6.55. The molecule has 0 amide bonds. The number of methoxy groups -OCH3 is 1. The molecule has 1 N–H and O–H groups in total. The normalized spacial score (nSPS) is 11.3. The Balaban J connectivity index is 2.35. The first-order valence-electron chi connectivity index (χ1n) is 5.51. The van der Waals surface area contributed by atoms with E-state index in [0.717, 1.165) is 0 Å². The van der Waals surface area contributed by atoms with E-state index >= 15 is 0 Å². The van der Waals surface area contributed by atoms with E-state index in [0.29, 0.717) is 15.9 Å². The summed E-state index contributed by atoms with van der Waals surface area (Å²) in [5.41, 5.74) is 0.490. The highest BCUT2D eigenvalue weighted by Crippen LogP contribution is 2.30. The first-order chi connectivity index (χ1) is 9.77. The molecule has 0 aliphatic rings. The van der Waals surface area contributed by atoms with Crippen molar-refractivity contribution in [1.29, 1.82) is 0 Å². The van der Waals surface area contributed by atoms with Gasteiger partial charge >= 0.3 is 6.18 Å². The standard InChI is InChI=1S/C12H8BrClF3N3O/c1-21-8-3-6(13)2-7(4-8)18-10-5-9(14)19-11(20-10)12(15,16)17/h2-5H,1H3,(H,18,19,20). The van der Waals surface area contributed by atoms with E-state index in [2.05, 4.69) is 31.2 Å². The van der Waals surface area contributed by atoms with Gasteiger partial charge in [-0.1, -0.05) is 27.5 Å². The van der Waals surface area contributed by atoms with Gasteiger partial charge in [0.15, 0.2) is 0 Å². The van der Waals surface area contributed by atoms with E-state index < -0.39 is 12.0 Å². The molecule has 0 aliphatic heterocycles. The molecule has 0 saturated carbocycles. The van der Waals surface area contributed by atoms with E-state index in [-0.39, 0.29) is 11.0 Å². The number of aromatic nitrogens is 2. The molecule has 4 nitrogen and oxygen atoms in total. The van der Waals surface area contributed by atoms with E-state index in [4.69, 9.17) is 16.3 Å². The zero-order chi connectivity index (χ0) is 15.6. The second-order valence-corrected chi connectivity index (χ2v) is 5.20. The fraction of sp³-hybridized carbons (Fsp3) is 0.167. The average molecular weight is 383 g/mol. The minimum absolute atomic E-state index is 0.0671. The third-order valence-electron chi connectivity index (χ3n) is 2.33. The van der Waals surface area contributed by atoms with Crippen LogP contribution in [0.3, 0.4) is 0 Å². The van der Waals surface area contributed by atoms with Crippen LogP contribution in [0.4, 0.5) is 24.7 Å². The molecule has 1 heterocycles. The summed E-state index contributed by atoms with van der Waals surface area (Å²) in [6.07, 6.45) is -4.67. The maximum atomic E-state index is 12.6. The van der Waals surface area contributed by atoms with Crippen molar-refractivity contribution < 1.29 is 17.9 Å². The number of hydrogen-bond donors (Lipinski definition) is 1. The second kappa shape index (κ2) is 6.07. The van der Waals surface area contributed by atoms with Crippen molar-refractivity contribution in [3.63, 3.8) is 0 Å². The summed E-state index contributed by atoms with van der Waals surface area (Å²) in [6, 6.07) is 6.17. The second-order valence-electron chi connectivity index (χ2n) is 3.90. The predicted molar refractivity (Wildman–Crippen MR) is 76.0 cm³/mol. The van der Waals surface area contributed by atoms with E-state index in [1.807, 2.05) is 0 Å². The topological polar surface area (TPSA) is 47.0 Å². The lowest BCUT2D eigenvalue weighted by Gasteiger charge is -2.11. The Hall–Kier alpha value is -1.54. The minimum Gasteiger partial charge on any atom is -0.497 e. The van der Waals surface area contributed by atoms with Gasteiger partial charge in [-0.3, -0.25) is 0 Å². The number of rotatable bonds is 3. The molecule has 0 atom stereocenters. The number of anilines is 2. The van der Waals surface area contributed by atoms with Crippen molar-refractivity contribution >= 4 is 39.0 Å². The molecule has 9 heteroatoms. The lowest BCUT2D eigenvalue weighted by Crippen LogP contribution is -2.12. The van der Waals surface area contributed by atoms with Crippen LogP contribution in [0.5, 0.6) is 5.75 Å². The van der Waals surface area contributed by atoms with Gasteiger partial charge in [0.2, 0.25) is 5.82 Å². The summed E-state index contributed by atoms with van der Waals surface area (Å²) in [6.45, 7) is 0. The average Bonchev–Trinajstić information content (AvgIpc) is 2.36. The number of nitrogens with zero attached hydrogens (tertiary/aromatic N) is 2. The lowest BCUT2D eigenvalue weighted by atomic mass is 10.3. The monoisotopic (exact) mass is 381 g/mol. The Labute approximate surface area is 131 Å². The third kappa shape index (κ3) is 4.21. The number of alkyl halides is 3. The molecular formula is C12H8BrClF3N3O. The van der Waals surface area contributed by atoms with Gasteiger partial charge in [-0.15, -0.1) is 0 Å². The van der Waals surface area contributed by atoms with E-state index in [1.165, 1.54) is 13.2 Å². The molecule has 1 aromatic heterocycles. The molecule has 0 bridgehead atoms. The number of benzene rings is 1. The molecule has 0 spiro atoms. The molecule has 0 radical (unpaired) electrons. The van der Waals surface area contributed by atoms with Gasteiger partial charge in [-0.2, -0.15) is 13.2 Å². The van der Waals surface area contributed by atoms with Crippen LogP contribution in [0.15, 0.2) is 28.7 Å². The highest BCUT2D eigenvalue weighted by Gasteiger charge is 2.35. The minimum atomic E-state index is -4.67. The molecule has 0 fully saturated rings. The smallest absolute Gasteiger partial charge is 0.451 e. The predicted octanol–water partition coefficient (Wildman–Crippen LogP) is 4.66. The van der Waals surface area contributed by atoms with Crippen LogP contribution in [0.2, 0.25) is 5.15 Å². The summed E-state index contributed by atoms with van der Waals surface area (Å²) < 4.78 is 43.7. The molecule has 1 aromatic carbocycles. The molecule has 2 rings (SSSR count). The zero-order valence-electron chi connectivity index (χ0n) is 10.5. The van der Waals surface area contributed by atoms with Crippen molar-refractivity contribution in [2.24, 2.45) is 0 Å². The van der Waals surface area contributed by atoms with Crippen LogP contribution >= 0.6 is 27.5 Å². The quantitative estimate of drug-likeness (QED) is 0.784. The van der Waals surface area contributed by atoms with Gasteiger partial charge in [0.05, 0.1) is 7.11 Å². The van der Waals surface area contributed by atoms with Crippen molar-refractivity contribution in [2.75, 3.05) is 12.4 Å². The van der Waals surface area contributed by atoms with Crippen molar-refractivity contribution in [2.45, 2.75) is 6.18 Å². The number of hydrogen-bond acceptors (Lipinski definition) is 4. The lowest BCUT2D eigenvalue weighted by molar-refractivity contribution is -0.144. The summed E-state index contributed by atoms with van der Waals surface area (Å²) in [7, 11) is 1.48. The Morgan fingerprint density at radius 2 is 1.90 bits per heavy atom. The van der Waals surface area contributed by atoms with Crippen molar-refractivity contribution in [3.05, 3.63) is 39.7 Å². The number of ether oxygens (including phenoxy) is 1. The van der Waals surface area contributed by atoms with Gasteiger partial charge < -0.3 is 10.1 Å².